The summed E-state index contributed by atoms with van der Waals surface area (Å²) in [6.07, 6.45) is 3.81. The van der Waals surface area contributed by atoms with Crippen LogP contribution in [0.25, 0.3) is 10.2 Å². The molecule has 0 saturated heterocycles. The van der Waals surface area contributed by atoms with Gasteiger partial charge in [-0.3, -0.25) is 9.36 Å². The molecular formula is C19H25N5O3S2. The van der Waals surface area contributed by atoms with Crippen LogP contribution in [0.15, 0.2) is 14.7 Å². The third-order valence-electron chi connectivity index (χ3n) is 5.30. The minimum Gasteiger partial charge on any atom is -0.385 e. The van der Waals surface area contributed by atoms with Gasteiger partial charge in [0.05, 0.1) is 10.6 Å². The molecule has 3 heterocycles. The van der Waals surface area contributed by atoms with Crippen LogP contribution in [0.2, 0.25) is 0 Å². The van der Waals surface area contributed by atoms with Gasteiger partial charge < -0.3 is 9.72 Å². The van der Waals surface area contributed by atoms with Gasteiger partial charge in [0.25, 0.3) is 5.56 Å². The van der Waals surface area contributed by atoms with Crippen LogP contribution >= 0.6 is 23.1 Å². The van der Waals surface area contributed by atoms with E-state index in [0.29, 0.717) is 30.1 Å². The monoisotopic (exact) mass is 435 g/mol. The molecule has 0 spiro atoms. The van der Waals surface area contributed by atoms with Crippen molar-refractivity contribution >= 4 is 33.3 Å². The third-order valence-corrected chi connectivity index (χ3v) is 7.55. The number of thioether (sulfide) groups is 1. The Bertz CT molecular complexity index is 1130. The molecule has 3 aromatic rings. The van der Waals surface area contributed by atoms with Crippen LogP contribution < -0.4 is 11.2 Å². The highest BCUT2D eigenvalue weighted by atomic mass is 32.2. The summed E-state index contributed by atoms with van der Waals surface area (Å²) in [6, 6.07) is 0. The second kappa shape index (κ2) is 8.45. The van der Waals surface area contributed by atoms with Crippen molar-refractivity contribution in [3.63, 3.8) is 0 Å². The van der Waals surface area contributed by atoms with Crippen LogP contribution in [0.5, 0.6) is 0 Å². The first-order valence-corrected chi connectivity index (χ1v) is 11.5. The first kappa shape index (κ1) is 20.4. The number of rotatable bonds is 7. The van der Waals surface area contributed by atoms with Crippen LogP contribution in [-0.4, -0.2) is 38.4 Å². The molecule has 0 aliphatic heterocycles. The number of ether oxygens (including phenoxy) is 1. The van der Waals surface area contributed by atoms with E-state index in [-0.39, 0.29) is 16.5 Å². The van der Waals surface area contributed by atoms with E-state index in [1.54, 1.807) is 23.0 Å². The molecular weight excluding hydrogens is 410 g/mol. The number of thiophene rings is 1. The van der Waals surface area contributed by atoms with Crippen molar-refractivity contribution in [1.82, 2.24) is 24.7 Å². The number of aryl methyl sites for hydroxylation is 1. The van der Waals surface area contributed by atoms with Gasteiger partial charge in [0.2, 0.25) is 0 Å². The predicted octanol–water partition coefficient (Wildman–Crippen LogP) is 2.88. The van der Waals surface area contributed by atoms with Crippen molar-refractivity contribution < 1.29 is 4.74 Å². The van der Waals surface area contributed by atoms with Crippen LogP contribution in [-0.2, 0) is 24.1 Å². The predicted molar refractivity (Wildman–Crippen MR) is 115 cm³/mol. The summed E-state index contributed by atoms with van der Waals surface area (Å²) >= 11 is 3.05. The number of methoxy groups -OCH3 is 1. The largest absolute Gasteiger partial charge is 0.385 e. The number of H-pyrrole nitrogens is 2. The normalized spacial score (nSPS) is 17.6. The molecule has 1 aliphatic carbocycles. The van der Waals surface area contributed by atoms with E-state index in [0.717, 1.165) is 35.9 Å². The van der Waals surface area contributed by atoms with Gasteiger partial charge >= 0.3 is 5.69 Å². The Morgan fingerprint density at radius 2 is 2.24 bits per heavy atom. The SMILES string of the molecule is COCCCn1c(SC(C)c2nc3sc4c(c3c(=O)[nH]2)CCC(C)C4)n[nH]c1=O. The van der Waals surface area contributed by atoms with Crippen molar-refractivity contribution in [2.24, 2.45) is 5.92 Å². The lowest BCUT2D eigenvalue weighted by Crippen LogP contribution is -2.19. The molecule has 0 amide bonds. The smallest absolute Gasteiger partial charge is 0.343 e. The second-order valence-corrected chi connectivity index (χ2v) is 9.94. The number of aromatic nitrogens is 5. The highest BCUT2D eigenvalue weighted by Crippen LogP contribution is 2.37. The number of nitrogens with zero attached hydrogens (tertiary/aromatic N) is 3. The first-order valence-electron chi connectivity index (χ1n) is 9.83. The summed E-state index contributed by atoms with van der Waals surface area (Å²) in [5, 5.41) is 7.83. The first-order chi connectivity index (χ1) is 14.0. The lowest BCUT2D eigenvalue weighted by Gasteiger charge is -2.17. The maximum absolute atomic E-state index is 12.8. The number of fused-ring (bicyclic) bond motifs is 3. The Labute approximate surface area is 176 Å². The summed E-state index contributed by atoms with van der Waals surface area (Å²) in [4.78, 5) is 34.7. The maximum atomic E-state index is 12.8. The molecule has 0 aromatic carbocycles. The van der Waals surface area contributed by atoms with Gasteiger partial charge in [-0.1, -0.05) is 18.7 Å². The van der Waals surface area contributed by atoms with Gasteiger partial charge in [0.15, 0.2) is 5.16 Å². The molecule has 156 valence electrons. The molecule has 0 bridgehead atoms. The minimum absolute atomic E-state index is 0.0657. The Hall–Kier alpha value is -1.91. The minimum atomic E-state index is -0.243. The summed E-state index contributed by atoms with van der Waals surface area (Å²) in [7, 11) is 1.64. The van der Waals surface area contributed by atoms with Gasteiger partial charge in [0.1, 0.15) is 10.7 Å². The van der Waals surface area contributed by atoms with Crippen LogP contribution in [0.3, 0.4) is 0 Å². The second-order valence-electron chi connectivity index (χ2n) is 7.55. The molecule has 2 N–H and O–H groups in total. The summed E-state index contributed by atoms with van der Waals surface area (Å²) in [5.74, 6) is 1.26. The lowest BCUT2D eigenvalue weighted by atomic mass is 9.89. The Morgan fingerprint density at radius 3 is 3.03 bits per heavy atom. The van der Waals surface area contributed by atoms with Crippen molar-refractivity contribution in [3.8, 4) is 0 Å². The van der Waals surface area contributed by atoms with E-state index >= 15 is 0 Å². The van der Waals surface area contributed by atoms with E-state index in [9.17, 15) is 9.59 Å². The molecule has 3 aromatic heterocycles. The Balaban J connectivity index is 1.61. The van der Waals surface area contributed by atoms with E-state index in [4.69, 9.17) is 9.72 Å². The average Bonchev–Trinajstić information content (AvgIpc) is 3.22. The zero-order valence-electron chi connectivity index (χ0n) is 16.8. The molecule has 29 heavy (non-hydrogen) atoms. The quantitative estimate of drug-likeness (QED) is 0.437. The summed E-state index contributed by atoms with van der Waals surface area (Å²) in [5.41, 5.74) is 0.875. The number of nitrogens with one attached hydrogen (secondary N) is 2. The molecule has 10 heteroatoms. The zero-order valence-corrected chi connectivity index (χ0v) is 18.4. The Kier molecular flexibility index (Phi) is 5.93. The van der Waals surface area contributed by atoms with Crippen molar-refractivity contribution in [3.05, 3.63) is 37.1 Å². The fraction of sp³-hybridized carbons (Fsp3) is 0.579. The molecule has 8 nitrogen and oxygen atoms in total. The van der Waals surface area contributed by atoms with Crippen molar-refractivity contribution in [2.75, 3.05) is 13.7 Å². The Morgan fingerprint density at radius 1 is 1.41 bits per heavy atom. The third kappa shape index (κ3) is 4.06. The highest BCUT2D eigenvalue weighted by molar-refractivity contribution is 7.99. The van der Waals surface area contributed by atoms with Gasteiger partial charge in [0, 0.05) is 25.1 Å². The summed E-state index contributed by atoms with van der Waals surface area (Å²) in [6.45, 7) is 5.32. The molecule has 4 rings (SSSR count). The van der Waals surface area contributed by atoms with Crippen molar-refractivity contribution in [2.45, 2.75) is 56.5 Å². The topological polar surface area (TPSA) is 106 Å². The maximum Gasteiger partial charge on any atom is 0.343 e. The average molecular weight is 436 g/mol. The highest BCUT2D eigenvalue weighted by Gasteiger charge is 2.24. The van der Waals surface area contributed by atoms with Gasteiger partial charge in [-0.25, -0.2) is 14.9 Å². The fourth-order valence-electron chi connectivity index (χ4n) is 3.73. The van der Waals surface area contributed by atoms with Gasteiger partial charge in [-0.15, -0.1) is 16.4 Å². The molecule has 0 radical (unpaired) electrons. The van der Waals surface area contributed by atoms with E-state index in [1.165, 1.54) is 22.2 Å². The number of hydrogen-bond acceptors (Lipinski definition) is 7. The molecule has 1 aliphatic rings. The summed E-state index contributed by atoms with van der Waals surface area (Å²) < 4.78 is 6.66. The zero-order chi connectivity index (χ0) is 20.5. The van der Waals surface area contributed by atoms with E-state index in [1.807, 2.05) is 6.92 Å². The number of aromatic amines is 2. The van der Waals surface area contributed by atoms with Gasteiger partial charge in [-0.2, -0.15) is 0 Å². The molecule has 2 unspecified atom stereocenters. The van der Waals surface area contributed by atoms with Crippen molar-refractivity contribution in [1.29, 1.82) is 0 Å². The molecule has 0 saturated carbocycles. The van der Waals surface area contributed by atoms with Crippen LogP contribution in [0.1, 0.15) is 48.2 Å². The van der Waals surface area contributed by atoms with E-state index < -0.39 is 0 Å². The standard InChI is InChI=1S/C19H25N5O3S2/c1-10-5-6-12-13(9-10)29-17-14(12)16(25)20-15(21-17)11(2)28-19-23-22-18(26)24(19)7-4-8-27-3/h10-11H,4-9H2,1-3H3,(H,22,26)(H,20,21,25). The van der Waals surface area contributed by atoms with Crippen LogP contribution in [0, 0.1) is 5.92 Å². The molecule has 0 fully saturated rings. The molecule has 2 atom stereocenters. The van der Waals surface area contributed by atoms with Crippen LogP contribution in [0.4, 0.5) is 0 Å². The number of hydrogen-bond donors (Lipinski definition) is 2. The van der Waals surface area contributed by atoms with Gasteiger partial charge in [-0.05, 0) is 44.1 Å². The van der Waals surface area contributed by atoms with E-state index in [2.05, 4.69) is 22.1 Å². The fourth-order valence-corrected chi connectivity index (χ4v) is 6.06. The lowest BCUT2D eigenvalue weighted by molar-refractivity contribution is 0.189.